The van der Waals surface area contributed by atoms with E-state index in [4.69, 9.17) is 11.0 Å². The van der Waals surface area contributed by atoms with Crippen molar-refractivity contribution >= 4 is 17.3 Å². The van der Waals surface area contributed by atoms with Gasteiger partial charge < -0.3 is 11.1 Å². The van der Waals surface area contributed by atoms with E-state index in [1.54, 1.807) is 24.4 Å². The first-order chi connectivity index (χ1) is 9.08. The molecule has 0 atom stereocenters. The number of carbonyl (C=O) groups is 1. The van der Waals surface area contributed by atoms with Crippen molar-refractivity contribution in [2.24, 2.45) is 0 Å². The lowest BCUT2D eigenvalue weighted by atomic mass is 10.1. The minimum atomic E-state index is -0.221. The van der Waals surface area contributed by atoms with E-state index in [1.165, 1.54) is 10.9 Å². The molecule has 6 heteroatoms. The van der Waals surface area contributed by atoms with Crippen LogP contribution in [0, 0.1) is 18.3 Å². The molecular formula is C13H13N5O. The summed E-state index contributed by atoms with van der Waals surface area (Å²) >= 11 is 0. The molecule has 0 aliphatic carbocycles. The number of amides is 1. The molecule has 0 radical (unpaired) electrons. The quantitative estimate of drug-likeness (QED) is 0.863. The van der Waals surface area contributed by atoms with E-state index in [1.807, 2.05) is 13.0 Å². The second-order valence-electron chi connectivity index (χ2n) is 4.16. The molecule has 19 heavy (non-hydrogen) atoms. The van der Waals surface area contributed by atoms with Crippen LogP contribution in [0.2, 0.25) is 0 Å². The minimum Gasteiger partial charge on any atom is -0.396 e. The molecule has 6 nitrogen and oxygen atoms in total. The summed E-state index contributed by atoms with van der Waals surface area (Å²) in [6.45, 7) is 1.94. The summed E-state index contributed by atoms with van der Waals surface area (Å²) in [5.74, 6) is -0.221. The van der Waals surface area contributed by atoms with Crippen LogP contribution in [-0.4, -0.2) is 15.7 Å². The lowest BCUT2D eigenvalue weighted by molar-refractivity contribution is -0.116. The SMILES string of the molecule is Cc1ccc(C#N)cc1NC(=O)Cn1cc(N)cn1. The second kappa shape index (κ2) is 5.23. The maximum absolute atomic E-state index is 11.8. The van der Waals surface area contributed by atoms with Crippen molar-refractivity contribution in [3.05, 3.63) is 41.7 Å². The van der Waals surface area contributed by atoms with Crippen molar-refractivity contribution < 1.29 is 4.79 Å². The number of rotatable bonds is 3. The molecule has 1 heterocycles. The molecule has 1 aromatic carbocycles. The highest BCUT2D eigenvalue weighted by Crippen LogP contribution is 2.16. The van der Waals surface area contributed by atoms with Gasteiger partial charge in [0, 0.05) is 11.9 Å². The van der Waals surface area contributed by atoms with E-state index in [0.717, 1.165) is 5.56 Å². The van der Waals surface area contributed by atoms with Crippen LogP contribution in [0.25, 0.3) is 0 Å². The number of aryl methyl sites for hydroxylation is 1. The number of anilines is 2. The predicted octanol–water partition coefficient (Wildman–Crippen LogP) is 1.28. The number of carbonyl (C=O) groups excluding carboxylic acids is 1. The smallest absolute Gasteiger partial charge is 0.246 e. The molecule has 0 saturated heterocycles. The zero-order chi connectivity index (χ0) is 13.8. The topological polar surface area (TPSA) is 96.7 Å². The van der Waals surface area contributed by atoms with Crippen molar-refractivity contribution in [2.75, 3.05) is 11.1 Å². The highest BCUT2D eigenvalue weighted by molar-refractivity contribution is 5.91. The van der Waals surface area contributed by atoms with Gasteiger partial charge in [0.25, 0.3) is 0 Å². The van der Waals surface area contributed by atoms with Gasteiger partial charge in [0.05, 0.1) is 23.5 Å². The van der Waals surface area contributed by atoms with E-state index >= 15 is 0 Å². The zero-order valence-electron chi connectivity index (χ0n) is 10.4. The summed E-state index contributed by atoms with van der Waals surface area (Å²) in [5, 5.41) is 15.5. The van der Waals surface area contributed by atoms with E-state index in [9.17, 15) is 4.79 Å². The molecule has 0 aliphatic heterocycles. The molecule has 0 bridgehead atoms. The predicted molar refractivity (Wildman–Crippen MR) is 71.2 cm³/mol. The molecule has 0 saturated carbocycles. The standard InChI is InChI=1S/C13H13N5O/c1-9-2-3-10(5-14)4-12(9)17-13(19)8-18-7-11(15)6-16-18/h2-4,6-7H,8,15H2,1H3,(H,17,19). The fourth-order valence-electron chi connectivity index (χ4n) is 1.63. The first kappa shape index (κ1) is 12.6. The number of hydrogen-bond donors (Lipinski definition) is 2. The number of nitriles is 1. The third-order valence-electron chi connectivity index (χ3n) is 2.60. The monoisotopic (exact) mass is 255 g/mol. The average molecular weight is 255 g/mol. The van der Waals surface area contributed by atoms with Gasteiger partial charge in [-0.1, -0.05) is 6.07 Å². The maximum atomic E-state index is 11.8. The highest BCUT2D eigenvalue weighted by Gasteiger charge is 2.07. The fourth-order valence-corrected chi connectivity index (χ4v) is 1.63. The van der Waals surface area contributed by atoms with Crippen LogP contribution in [0.5, 0.6) is 0 Å². The normalized spacial score (nSPS) is 9.89. The van der Waals surface area contributed by atoms with Gasteiger partial charge in [0.1, 0.15) is 6.54 Å². The Hall–Kier alpha value is -2.81. The van der Waals surface area contributed by atoms with Crippen LogP contribution in [0.1, 0.15) is 11.1 Å². The van der Waals surface area contributed by atoms with Crippen molar-refractivity contribution in [3.63, 3.8) is 0 Å². The summed E-state index contributed by atoms with van der Waals surface area (Å²) in [6.07, 6.45) is 3.06. The van der Waals surface area contributed by atoms with Gasteiger partial charge in [0.15, 0.2) is 0 Å². The zero-order valence-corrected chi connectivity index (χ0v) is 10.4. The number of nitrogens with two attached hydrogens (primary N) is 1. The van der Waals surface area contributed by atoms with Gasteiger partial charge in [-0.25, -0.2) is 0 Å². The van der Waals surface area contributed by atoms with E-state index in [2.05, 4.69) is 10.4 Å². The molecule has 0 spiro atoms. The van der Waals surface area contributed by atoms with Gasteiger partial charge >= 0.3 is 0 Å². The third-order valence-corrected chi connectivity index (χ3v) is 2.60. The molecule has 0 fully saturated rings. The summed E-state index contributed by atoms with van der Waals surface area (Å²) in [4.78, 5) is 11.8. The average Bonchev–Trinajstić information content (AvgIpc) is 2.77. The van der Waals surface area contributed by atoms with Crippen LogP contribution in [0.15, 0.2) is 30.6 Å². The first-order valence-electron chi connectivity index (χ1n) is 5.67. The molecule has 0 unspecified atom stereocenters. The Morgan fingerprint density at radius 3 is 3.00 bits per heavy atom. The number of nitrogen functional groups attached to an aromatic ring is 1. The number of aromatic nitrogens is 2. The molecule has 2 rings (SSSR count). The van der Waals surface area contributed by atoms with Crippen LogP contribution in [0.3, 0.4) is 0 Å². The number of nitrogens with zero attached hydrogens (tertiary/aromatic N) is 3. The lowest BCUT2D eigenvalue weighted by Gasteiger charge is -2.08. The second-order valence-corrected chi connectivity index (χ2v) is 4.16. The molecule has 2 aromatic rings. The Morgan fingerprint density at radius 1 is 1.58 bits per heavy atom. The summed E-state index contributed by atoms with van der Waals surface area (Å²) in [6, 6.07) is 7.18. The fraction of sp³-hybridized carbons (Fsp3) is 0.154. The van der Waals surface area contributed by atoms with Crippen molar-refractivity contribution in [1.82, 2.24) is 9.78 Å². The summed E-state index contributed by atoms with van der Waals surface area (Å²) in [5.41, 5.74) is 8.06. The van der Waals surface area contributed by atoms with E-state index in [0.29, 0.717) is 16.9 Å². The molecule has 0 aliphatic rings. The Morgan fingerprint density at radius 2 is 2.37 bits per heavy atom. The third kappa shape index (κ3) is 3.10. The first-order valence-corrected chi connectivity index (χ1v) is 5.67. The van der Waals surface area contributed by atoms with Gasteiger partial charge in [-0.3, -0.25) is 9.48 Å². The largest absolute Gasteiger partial charge is 0.396 e. The van der Waals surface area contributed by atoms with E-state index in [-0.39, 0.29) is 12.5 Å². The van der Waals surface area contributed by atoms with Crippen molar-refractivity contribution in [2.45, 2.75) is 13.5 Å². The number of nitrogens with one attached hydrogen (secondary N) is 1. The molecular weight excluding hydrogens is 242 g/mol. The summed E-state index contributed by atoms with van der Waals surface area (Å²) < 4.78 is 1.45. The van der Waals surface area contributed by atoms with Crippen LogP contribution in [0.4, 0.5) is 11.4 Å². The highest BCUT2D eigenvalue weighted by atomic mass is 16.2. The molecule has 96 valence electrons. The van der Waals surface area contributed by atoms with Crippen molar-refractivity contribution in [3.8, 4) is 6.07 Å². The Kier molecular flexibility index (Phi) is 3.48. The van der Waals surface area contributed by atoms with Gasteiger partial charge in [0.2, 0.25) is 5.91 Å². The van der Waals surface area contributed by atoms with Crippen molar-refractivity contribution in [1.29, 1.82) is 5.26 Å². The number of benzene rings is 1. The van der Waals surface area contributed by atoms with Gasteiger partial charge in [-0.2, -0.15) is 10.4 Å². The van der Waals surface area contributed by atoms with Gasteiger partial charge in [-0.05, 0) is 24.6 Å². The summed E-state index contributed by atoms with van der Waals surface area (Å²) in [7, 11) is 0. The minimum absolute atomic E-state index is 0.0768. The molecule has 1 aromatic heterocycles. The molecule has 3 N–H and O–H groups in total. The number of hydrogen-bond acceptors (Lipinski definition) is 4. The van der Waals surface area contributed by atoms with E-state index < -0.39 is 0 Å². The lowest BCUT2D eigenvalue weighted by Crippen LogP contribution is -2.19. The van der Waals surface area contributed by atoms with Crippen LogP contribution in [-0.2, 0) is 11.3 Å². The van der Waals surface area contributed by atoms with Crippen LogP contribution < -0.4 is 11.1 Å². The maximum Gasteiger partial charge on any atom is 0.246 e. The van der Waals surface area contributed by atoms with Crippen LogP contribution >= 0.6 is 0 Å². The Labute approximate surface area is 110 Å². The van der Waals surface area contributed by atoms with Gasteiger partial charge in [-0.15, -0.1) is 0 Å². The Balaban J connectivity index is 2.09. The molecule has 1 amide bonds. The Bertz CT molecular complexity index is 653.